The van der Waals surface area contributed by atoms with Crippen molar-refractivity contribution < 1.29 is 5.11 Å². The number of benzene rings is 2. The van der Waals surface area contributed by atoms with E-state index in [0.717, 1.165) is 54.8 Å². The Labute approximate surface area is 176 Å². The van der Waals surface area contributed by atoms with E-state index in [0.29, 0.717) is 12.0 Å². The Hall–Kier alpha value is -1.26. The van der Waals surface area contributed by atoms with Crippen molar-refractivity contribution in [3.63, 3.8) is 0 Å². The maximum atomic E-state index is 10.3. The minimum atomic E-state index is -0.530. The molecule has 28 heavy (non-hydrogen) atoms. The molecule has 3 aliphatic rings. The van der Waals surface area contributed by atoms with Crippen molar-refractivity contribution in [2.75, 3.05) is 31.1 Å². The summed E-state index contributed by atoms with van der Waals surface area (Å²) < 4.78 is 0. The number of para-hydroxylation sites is 1. The van der Waals surface area contributed by atoms with E-state index in [2.05, 4.69) is 28.0 Å². The smallest absolute Gasteiger partial charge is 0.0758 e. The predicted octanol–water partition coefficient (Wildman–Crippen LogP) is 5.04. The molecule has 5 rings (SSSR count). The Morgan fingerprint density at radius 3 is 2.54 bits per heavy atom. The third-order valence-corrected chi connectivity index (χ3v) is 7.35. The fourth-order valence-electron chi connectivity index (χ4n) is 5.16. The standard InChI is InChI=1S/C23H26Cl2N2O/c1-23(28)9-10-26(14-23)21-8-6-16-11-15(5-7-18(16)21)17-12-27(13-17)22-19(24)3-2-4-20(22)25/h2-5,7,11,17,21,28H,6,8-10,12-14H2,1H3. The summed E-state index contributed by atoms with van der Waals surface area (Å²) >= 11 is 12.7. The van der Waals surface area contributed by atoms with Gasteiger partial charge in [0.05, 0.1) is 21.3 Å². The SMILES string of the molecule is CC1(O)CCN(C2CCc3cc(C4CN(c5c(Cl)cccc5Cl)C4)ccc32)C1. The lowest BCUT2D eigenvalue weighted by Gasteiger charge is -2.42. The Morgan fingerprint density at radius 2 is 1.86 bits per heavy atom. The van der Waals surface area contributed by atoms with E-state index >= 15 is 0 Å². The summed E-state index contributed by atoms with van der Waals surface area (Å²) in [6.45, 7) is 5.66. The molecule has 2 unspecified atom stereocenters. The molecule has 2 aromatic rings. The van der Waals surface area contributed by atoms with Crippen molar-refractivity contribution in [2.45, 2.75) is 43.7 Å². The van der Waals surface area contributed by atoms with Gasteiger partial charge in [0.1, 0.15) is 0 Å². The molecular weight excluding hydrogens is 391 g/mol. The number of aryl methyl sites for hydroxylation is 1. The van der Waals surface area contributed by atoms with Gasteiger partial charge in [-0.1, -0.05) is 47.5 Å². The molecular formula is C23H26Cl2N2O. The second-order valence-electron chi connectivity index (χ2n) is 8.90. The van der Waals surface area contributed by atoms with Crippen LogP contribution >= 0.6 is 23.2 Å². The molecule has 2 aliphatic heterocycles. The molecule has 148 valence electrons. The first-order valence-corrected chi connectivity index (χ1v) is 10.9. The van der Waals surface area contributed by atoms with Crippen molar-refractivity contribution in [3.05, 3.63) is 63.1 Å². The highest BCUT2D eigenvalue weighted by molar-refractivity contribution is 6.39. The normalized spacial score (nSPS) is 27.9. The topological polar surface area (TPSA) is 26.7 Å². The molecule has 0 aromatic heterocycles. The first-order chi connectivity index (χ1) is 13.4. The van der Waals surface area contributed by atoms with E-state index in [1.807, 2.05) is 25.1 Å². The molecule has 3 nitrogen and oxygen atoms in total. The number of hydrogen-bond acceptors (Lipinski definition) is 3. The minimum Gasteiger partial charge on any atom is -0.389 e. The lowest BCUT2D eigenvalue weighted by atomic mass is 9.89. The molecule has 1 aliphatic carbocycles. The molecule has 2 atom stereocenters. The average Bonchev–Trinajstić information content (AvgIpc) is 3.18. The zero-order chi connectivity index (χ0) is 19.5. The summed E-state index contributed by atoms with van der Waals surface area (Å²) in [5.74, 6) is 0.532. The van der Waals surface area contributed by atoms with Crippen molar-refractivity contribution in [1.82, 2.24) is 4.90 Å². The highest BCUT2D eigenvalue weighted by Crippen LogP contribution is 2.43. The van der Waals surface area contributed by atoms with Crippen LogP contribution in [0.1, 0.15) is 48.4 Å². The Bertz CT molecular complexity index is 887. The van der Waals surface area contributed by atoms with Crippen LogP contribution in [0.4, 0.5) is 5.69 Å². The lowest BCUT2D eigenvalue weighted by molar-refractivity contribution is 0.0621. The number of aliphatic hydroxyl groups is 1. The molecule has 0 amide bonds. The van der Waals surface area contributed by atoms with Crippen molar-refractivity contribution in [1.29, 1.82) is 0 Å². The fourth-order valence-corrected chi connectivity index (χ4v) is 5.79. The first-order valence-electron chi connectivity index (χ1n) is 10.2. The van der Waals surface area contributed by atoms with Crippen LogP contribution in [0.25, 0.3) is 0 Å². The van der Waals surface area contributed by atoms with Crippen LogP contribution in [0.15, 0.2) is 36.4 Å². The summed E-state index contributed by atoms with van der Waals surface area (Å²) in [5.41, 5.74) is 4.81. The molecule has 1 N–H and O–H groups in total. The molecule has 2 aromatic carbocycles. The van der Waals surface area contributed by atoms with Crippen molar-refractivity contribution >= 4 is 28.9 Å². The number of hydrogen-bond donors (Lipinski definition) is 1. The Morgan fingerprint density at radius 1 is 1.11 bits per heavy atom. The summed E-state index contributed by atoms with van der Waals surface area (Å²) in [5, 5.41) is 11.8. The first kappa shape index (κ1) is 18.7. The van der Waals surface area contributed by atoms with E-state index in [4.69, 9.17) is 23.2 Å². The predicted molar refractivity (Wildman–Crippen MR) is 116 cm³/mol. The van der Waals surface area contributed by atoms with Gasteiger partial charge in [0, 0.05) is 38.1 Å². The van der Waals surface area contributed by atoms with Gasteiger partial charge in [-0.3, -0.25) is 4.90 Å². The van der Waals surface area contributed by atoms with Crippen LogP contribution in [0, 0.1) is 0 Å². The number of fused-ring (bicyclic) bond motifs is 1. The maximum Gasteiger partial charge on any atom is 0.0758 e. The summed E-state index contributed by atoms with van der Waals surface area (Å²) in [6, 6.07) is 13.2. The fraction of sp³-hybridized carbons (Fsp3) is 0.478. The second-order valence-corrected chi connectivity index (χ2v) is 9.72. The highest BCUT2D eigenvalue weighted by Gasteiger charge is 2.38. The van der Waals surface area contributed by atoms with Gasteiger partial charge in [-0.15, -0.1) is 0 Å². The highest BCUT2D eigenvalue weighted by atomic mass is 35.5. The molecule has 2 saturated heterocycles. The van der Waals surface area contributed by atoms with Gasteiger partial charge in [-0.2, -0.15) is 0 Å². The summed E-state index contributed by atoms with van der Waals surface area (Å²) in [4.78, 5) is 4.74. The van der Waals surface area contributed by atoms with Gasteiger partial charge in [0.25, 0.3) is 0 Å². The minimum absolute atomic E-state index is 0.470. The van der Waals surface area contributed by atoms with Gasteiger partial charge in [0.2, 0.25) is 0 Å². The number of halogens is 2. The summed E-state index contributed by atoms with van der Waals surface area (Å²) in [6.07, 6.45) is 3.18. The van der Waals surface area contributed by atoms with Crippen LogP contribution in [0.5, 0.6) is 0 Å². The molecule has 0 bridgehead atoms. The van der Waals surface area contributed by atoms with Crippen molar-refractivity contribution in [2.24, 2.45) is 0 Å². The number of β-amino-alcohol motifs (C(OH)–C–C–N with tert-alkyl or cyclic N) is 1. The van der Waals surface area contributed by atoms with Gasteiger partial charge in [-0.05, 0) is 55.0 Å². The lowest BCUT2D eigenvalue weighted by Crippen LogP contribution is -2.45. The van der Waals surface area contributed by atoms with Gasteiger partial charge in [0.15, 0.2) is 0 Å². The van der Waals surface area contributed by atoms with E-state index in [-0.39, 0.29) is 0 Å². The molecule has 2 fully saturated rings. The third kappa shape index (κ3) is 3.23. The number of likely N-dealkylation sites (tertiary alicyclic amines) is 1. The van der Waals surface area contributed by atoms with Crippen LogP contribution < -0.4 is 4.90 Å². The molecule has 2 heterocycles. The van der Waals surface area contributed by atoms with E-state index < -0.39 is 5.60 Å². The van der Waals surface area contributed by atoms with E-state index in [1.165, 1.54) is 23.1 Å². The molecule has 5 heteroatoms. The largest absolute Gasteiger partial charge is 0.389 e. The van der Waals surface area contributed by atoms with Gasteiger partial charge in [-0.25, -0.2) is 0 Å². The van der Waals surface area contributed by atoms with Crippen LogP contribution in [-0.2, 0) is 6.42 Å². The summed E-state index contributed by atoms with van der Waals surface area (Å²) in [7, 11) is 0. The quantitative estimate of drug-likeness (QED) is 0.758. The monoisotopic (exact) mass is 416 g/mol. The molecule has 0 saturated carbocycles. The van der Waals surface area contributed by atoms with Crippen LogP contribution in [0.3, 0.4) is 0 Å². The number of anilines is 1. The van der Waals surface area contributed by atoms with Crippen LogP contribution in [0.2, 0.25) is 10.0 Å². The molecule has 0 radical (unpaired) electrons. The average molecular weight is 417 g/mol. The third-order valence-electron chi connectivity index (χ3n) is 6.74. The molecule has 0 spiro atoms. The number of nitrogens with zero attached hydrogens (tertiary/aromatic N) is 2. The van der Waals surface area contributed by atoms with E-state index in [1.54, 1.807) is 0 Å². The number of rotatable bonds is 3. The van der Waals surface area contributed by atoms with Crippen molar-refractivity contribution in [3.8, 4) is 0 Å². The van der Waals surface area contributed by atoms with E-state index in [9.17, 15) is 5.11 Å². The van der Waals surface area contributed by atoms with Gasteiger partial charge < -0.3 is 10.0 Å². The van der Waals surface area contributed by atoms with Gasteiger partial charge >= 0.3 is 0 Å². The maximum absolute atomic E-state index is 10.3. The Kier molecular flexibility index (Phi) is 4.63. The Balaban J connectivity index is 1.29. The zero-order valence-electron chi connectivity index (χ0n) is 16.2. The zero-order valence-corrected chi connectivity index (χ0v) is 17.7. The van der Waals surface area contributed by atoms with Crippen LogP contribution in [-0.4, -0.2) is 41.8 Å². The second kappa shape index (κ2) is 6.91.